The quantitative estimate of drug-likeness (QED) is 0.137. The molecule has 0 N–H and O–H groups in total. The number of para-hydroxylation sites is 1. The van der Waals surface area contributed by atoms with Crippen molar-refractivity contribution in [3.05, 3.63) is 180 Å². The van der Waals surface area contributed by atoms with Crippen LogP contribution in [0.5, 0.6) is 0 Å². The van der Waals surface area contributed by atoms with Gasteiger partial charge in [0.1, 0.15) is 0 Å². The minimum absolute atomic E-state index is 1.05. The third-order valence-corrected chi connectivity index (χ3v) is 9.80. The van der Waals surface area contributed by atoms with Crippen LogP contribution in [0.4, 0.5) is 0 Å². The standard InChI is InChI=1S/C45H34N2/c1-31(24-26-42(32-14-4-2-5-15-32)46-29-28-33-16-8-13-23-41(33)46)34-25-27-43-40(30-34)44-38-21-11-9-19-36(38)37-20-10-12-22-39(37)45(44)47(43)35-17-6-3-7-18-35/h2-12,14-22,24-30H,13,23H2,1H3/b31-24+,42-26+. The van der Waals surface area contributed by atoms with E-state index in [1.165, 1.54) is 82.7 Å². The fourth-order valence-electron chi connectivity index (χ4n) is 7.55. The minimum Gasteiger partial charge on any atom is -0.320 e. The van der Waals surface area contributed by atoms with E-state index in [0.29, 0.717) is 0 Å². The summed E-state index contributed by atoms with van der Waals surface area (Å²) in [4.78, 5) is 0. The van der Waals surface area contributed by atoms with E-state index in [2.05, 4.69) is 180 Å². The first-order valence-corrected chi connectivity index (χ1v) is 16.5. The van der Waals surface area contributed by atoms with Gasteiger partial charge in [-0.25, -0.2) is 0 Å². The third-order valence-electron chi connectivity index (χ3n) is 9.80. The summed E-state index contributed by atoms with van der Waals surface area (Å²) in [6.45, 7) is 2.23. The maximum atomic E-state index is 2.46. The van der Waals surface area contributed by atoms with E-state index in [0.717, 1.165) is 12.8 Å². The van der Waals surface area contributed by atoms with Gasteiger partial charge in [0, 0.05) is 33.7 Å². The Kier molecular flexibility index (Phi) is 6.53. The highest BCUT2D eigenvalue weighted by Crippen LogP contribution is 2.43. The van der Waals surface area contributed by atoms with Crippen LogP contribution in [0.25, 0.3) is 66.4 Å². The van der Waals surface area contributed by atoms with Crippen LogP contribution in [-0.2, 0) is 6.42 Å². The Labute approximate surface area is 274 Å². The summed E-state index contributed by atoms with van der Waals surface area (Å²) < 4.78 is 4.84. The summed E-state index contributed by atoms with van der Waals surface area (Å²) in [5, 5.41) is 7.72. The number of rotatable bonds is 5. The zero-order valence-electron chi connectivity index (χ0n) is 26.4. The Morgan fingerprint density at radius 2 is 1.30 bits per heavy atom. The molecule has 1 aliphatic carbocycles. The maximum Gasteiger partial charge on any atom is 0.0625 e. The van der Waals surface area contributed by atoms with Gasteiger partial charge in [0.15, 0.2) is 0 Å². The first-order chi connectivity index (χ1) is 23.3. The highest BCUT2D eigenvalue weighted by molar-refractivity contribution is 6.32. The summed E-state index contributed by atoms with van der Waals surface area (Å²) in [6.07, 6.45) is 13.5. The second kappa shape index (κ2) is 11.2. The van der Waals surface area contributed by atoms with E-state index in [1.54, 1.807) is 0 Å². The molecule has 0 saturated heterocycles. The van der Waals surface area contributed by atoms with Crippen molar-refractivity contribution in [3.63, 3.8) is 0 Å². The fraction of sp³-hybridized carbons (Fsp3) is 0.0667. The van der Waals surface area contributed by atoms with Crippen LogP contribution in [0.2, 0.25) is 0 Å². The van der Waals surface area contributed by atoms with E-state index in [1.807, 2.05) is 0 Å². The van der Waals surface area contributed by atoms with Crippen LogP contribution >= 0.6 is 0 Å². The summed E-state index contributed by atoms with van der Waals surface area (Å²) in [7, 11) is 0. The Bertz CT molecular complexity index is 2550. The van der Waals surface area contributed by atoms with E-state index in [9.17, 15) is 0 Å². The van der Waals surface area contributed by atoms with Gasteiger partial charge in [-0.2, -0.15) is 0 Å². The Hall–Kier alpha value is -5.86. The summed E-state index contributed by atoms with van der Waals surface area (Å²) in [5.74, 6) is 0. The molecule has 9 rings (SSSR count). The van der Waals surface area contributed by atoms with Crippen molar-refractivity contribution in [2.45, 2.75) is 19.8 Å². The van der Waals surface area contributed by atoms with Gasteiger partial charge < -0.3 is 9.13 Å². The molecule has 0 radical (unpaired) electrons. The number of nitrogens with zero attached hydrogens (tertiary/aromatic N) is 2. The van der Waals surface area contributed by atoms with E-state index in [4.69, 9.17) is 0 Å². The van der Waals surface area contributed by atoms with Gasteiger partial charge >= 0.3 is 0 Å². The van der Waals surface area contributed by atoms with Crippen molar-refractivity contribution in [3.8, 4) is 5.69 Å². The predicted octanol–water partition coefficient (Wildman–Crippen LogP) is 11.8. The molecule has 0 bridgehead atoms. The van der Waals surface area contributed by atoms with E-state index in [-0.39, 0.29) is 0 Å². The molecule has 0 amide bonds. The van der Waals surface area contributed by atoms with Gasteiger partial charge in [-0.1, -0.05) is 121 Å². The van der Waals surface area contributed by atoms with Crippen LogP contribution in [0, 0.1) is 0 Å². The average molecular weight is 603 g/mol. The second-order valence-corrected chi connectivity index (χ2v) is 12.5. The van der Waals surface area contributed by atoms with Crippen molar-refractivity contribution in [1.82, 2.24) is 9.13 Å². The summed E-state index contributed by atoms with van der Waals surface area (Å²) in [6, 6.07) is 48.5. The molecule has 0 unspecified atom stereocenters. The maximum absolute atomic E-state index is 2.46. The molecule has 2 aromatic heterocycles. The molecular weight excluding hydrogens is 569 g/mol. The van der Waals surface area contributed by atoms with Gasteiger partial charge in [-0.3, -0.25) is 0 Å². The molecule has 0 spiro atoms. The van der Waals surface area contributed by atoms with Gasteiger partial charge in [-0.05, 0) is 94.6 Å². The third kappa shape index (κ3) is 4.48. The lowest BCUT2D eigenvalue weighted by molar-refractivity contribution is 0.886. The van der Waals surface area contributed by atoms with Crippen LogP contribution in [-0.4, -0.2) is 9.13 Å². The van der Waals surface area contributed by atoms with Gasteiger partial charge in [-0.15, -0.1) is 0 Å². The molecule has 47 heavy (non-hydrogen) atoms. The Morgan fingerprint density at radius 1 is 0.617 bits per heavy atom. The highest BCUT2D eigenvalue weighted by Gasteiger charge is 2.19. The fourth-order valence-corrected chi connectivity index (χ4v) is 7.55. The smallest absolute Gasteiger partial charge is 0.0625 e. The van der Waals surface area contributed by atoms with Crippen molar-refractivity contribution in [1.29, 1.82) is 0 Å². The molecule has 8 aromatic rings. The largest absolute Gasteiger partial charge is 0.320 e. The predicted molar refractivity (Wildman–Crippen MR) is 201 cm³/mol. The minimum atomic E-state index is 1.05. The van der Waals surface area contributed by atoms with Crippen LogP contribution in [0.3, 0.4) is 0 Å². The number of hydrogen-bond donors (Lipinski definition) is 0. The summed E-state index contributed by atoms with van der Waals surface area (Å²) in [5.41, 5.74) is 11.2. The van der Waals surface area contributed by atoms with Crippen LogP contribution < -0.4 is 0 Å². The van der Waals surface area contributed by atoms with Gasteiger partial charge in [0.2, 0.25) is 0 Å². The lowest BCUT2D eigenvalue weighted by Gasteiger charge is -2.16. The second-order valence-electron chi connectivity index (χ2n) is 12.5. The first-order valence-electron chi connectivity index (χ1n) is 16.5. The molecule has 0 saturated carbocycles. The van der Waals surface area contributed by atoms with Crippen molar-refractivity contribution < 1.29 is 0 Å². The zero-order valence-corrected chi connectivity index (χ0v) is 26.4. The lowest BCUT2D eigenvalue weighted by Crippen LogP contribution is -2.05. The molecule has 0 atom stereocenters. The van der Waals surface area contributed by atoms with E-state index >= 15 is 0 Å². The van der Waals surface area contributed by atoms with Gasteiger partial charge in [0.25, 0.3) is 0 Å². The normalized spacial score (nSPS) is 13.6. The Morgan fingerprint density at radius 3 is 2.09 bits per heavy atom. The molecule has 2 heteroatoms. The average Bonchev–Trinajstić information content (AvgIpc) is 3.72. The van der Waals surface area contributed by atoms with Crippen molar-refractivity contribution in [2.75, 3.05) is 0 Å². The topological polar surface area (TPSA) is 9.86 Å². The number of fused-ring (bicyclic) bond motifs is 9. The first kappa shape index (κ1) is 27.5. The number of benzene rings is 6. The SMILES string of the molecule is C/C(=C\C=C(/c1ccccc1)n1ccc2c1CCC=C2)c1ccc2c(c1)c1c3ccccc3c3ccccc3c1n2-c1ccccc1. The molecule has 1 aliphatic rings. The summed E-state index contributed by atoms with van der Waals surface area (Å²) >= 11 is 0. The van der Waals surface area contributed by atoms with Crippen LogP contribution in [0.1, 0.15) is 35.7 Å². The molecule has 0 fully saturated rings. The molecule has 2 nitrogen and oxygen atoms in total. The number of allylic oxidation sites excluding steroid dienone is 4. The molecule has 224 valence electrons. The highest BCUT2D eigenvalue weighted by atomic mass is 15.0. The molecule has 0 aliphatic heterocycles. The molecule has 6 aromatic carbocycles. The number of hydrogen-bond acceptors (Lipinski definition) is 0. The number of aromatic nitrogens is 2. The van der Waals surface area contributed by atoms with Gasteiger partial charge in [0.05, 0.1) is 16.7 Å². The molecular formula is C45H34N2. The monoisotopic (exact) mass is 602 g/mol. The zero-order chi connectivity index (χ0) is 31.3. The van der Waals surface area contributed by atoms with Crippen LogP contribution in [0.15, 0.2) is 158 Å². The van der Waals surface area contributed by atoms with E-state index < -0.39 is 0 Å². The Balaban J connectivity index is 1.28. The van der Waals surface area contributed by atoms with Crippen molar-refractivity contribution >= 4 is 60.7 Å². The van der Waals surface area contributed by atoms with Crippen molar-refractivity contribution in [2.24, 2.45) is 0 Å². The lowest BCUT2D eigenvalue weighted by atomic mass is 9.96. The molecule has 2 heterocycles.